The standard InChI is InChI=1S/C14H27NO/c1-14(2,3)12-10-8-6-4-5-7-9-11-15-13(12)16/h12H,4-11H2,1-3H3,(H,15,16). The van der Waals surface area contributed by atoms with Crippen LogP contribution in [0.15, 0.2) is 4.99 Å². The Morgan fingerprint density at radius 3 is 2.19 bits per heavy atom. The maximum Gasteiger partial charge on any atom is 0.184 e. The number of nitrogens with zero attached hydrogens (tertiary/aromatic N) is 1. The molecule has 0 saturated carbocycles. The molecule has 0 saturated heterocycles. The van der Waals surface area contributed by atoms with Crippen molar-refractivity contribution in [3.8, 4) is 0 Å². The fourth-order valence-electron chi connectivity index (χ4n) is 2.42. The molecule has 2 nitrogen and oxygen atoms in total. The monoisotopic (exact) mass is 225 g/mol. The van der Waals surface area contributed by atoms with Crippen molar-refractivity contribution in [1.82, 2.24) is 0 Å². The van der Waals surface area contributed by atoms with Gasteiger partial charge in [0.15, 0.2) is 5.90 Å². The van der Waals surface area contributed by atoms with Crippen LogP contribution >= 0.6 is 0 Å². The summed E-state index contributed by atoms with van der Waals surface area (Å²) < 4.78 is 0. The lowest BCUT2D eigenvalue weighted by Crippen LogP contribution is -2.28. The van der Waals surface area contributed by atoms with Gasteiger partial charge >= 0.3 is 0 Å². The minimum atomic E-state index is 0.127. The van der Waals surface area contributed by atoms with Crippen LogP contribution in [-0.2, 0) is 0 Å². The van der Waals surface area contributed by atoms with E-state index in [9.17, 15) is 5.11 Å². The highest BCUT2D eigenvalue weighted by Crippen LogP contribution is 2.31. The molecule has 0 aliphatic carbocycles. The van der Waals surface area contributed by atoms with Crippen LogP contribution in [0, 0.1) is 11.3 Å². The maximum absolute atomic E-state index is 10.1. The summed E-state index contributed by atoms with van der Waals surface area (Å²) in [6.07, 6.45) is 8.67. The van der Waals surface area contributed by atoms with Gasteiger partial charge in [0.25, 0.3) is 0 Å². The molecule has 1 heterocycles. The Labute approximate surface area is 100 Å². The minimum Gasteiger partial charge on any atom is -0.496 e. The van der Waals surface area contributed by atoms with Crippen molar-refractivity contribution in [2.45, 2.75) is 65.7 Å². The van der Waals surface area contributed by atoms with E-state index >= 15 is 0 Å². The van der Waals surface area contributed by atoms with E-state index in [4.69, 9.17) is 0 Å². The molecule has 0 aromatic rings. The van der Waals surface area contributed by atoms with Crippen LogP contribution < -0.4 is 0 Å². The van der Waals surface area contributed by atoms with Gasteiger partial charge in [0.2, 0.25) is 0 Å². The number of aliphatic imine (C=N–C) groups is 1. The number of aliphatic hydroxyl groups excluding tert-OH is 1. The van der Waals surface area contributed by atoms with Gasteiger partial charge in [-0.05, 0) is 18.3 Å². The first-order chi connectivity index (χ1) is 7.52. The Bertz CT molecular complexity index is 227. The second-order valence-electron chi connectivity index (χ2n) is 6.07. The quantitative estimate of drug-likeness (QED) is 0.653. The molecule has 1 unspecified atom stereocenters. The van der Waals surface area contributed by atoms with Crippen molar-refractivity contribution in [3.05, 3.63) is 0 Å². The van der Waals surface area contributed by atoms with Crippen LogP contribution in [0.3, 0.4) is 0 Å². The van der Waals surface area contributed by atoms with Crippen molar-refractivity contribution in [3.63, 3.8) is 0 Å². The van der Waals surface area contributed by atoms with Crippen molar-refractivity contribution in [2.75, 3.05) is 6.54 Å². The van der Waals surface area contributed by atoms with Crippen molar-refractivity contribution >= 4 is 5.90 Å². The molecule has 94 valence electrons. The summed E-state index contributed by atoms with van der Waals surface area (Å²) in [5.74, 6) is 0.639. The molecular formula is C14H27NO. The molecule has 0 spiro atoms. The highest BCUT2D eigenvalue weighted by atomic mass is 16.3. The van der Waals surface area contributed by atoms with Gasteiger partial charge in [-0.2, -0.15) is 0 Å². The highest BCUT2D eigenvalue weighted by molar-refractivity contribution is 5.77. The van der Waals surface area contributed by atoms with E-state index in [2.05, 4.69) is 25.8 Å². The largest absolute Gasteiger partial charge is 0.496 e. The van der Waals surface area contributed by atoms with Gasteiger partial charge in [0.05, 0.1) is 0 Å². The third kappa shape index (κ3) is 4.54. The fourth-order valence-corrected chi connectivity index (χ4v) is 2.42. The number of rotatable bonds is 0. The molecule has 1 N–H and O–H groups in total. The summed E-state index contributed by atoms with van der Waals surface area (Å²) in [7, 11) is 0. The summed E-state index contributed by atoms with van der Waals surface area (Å²) >= 11 is 0. The average Bonchev–Trinajstić information content (AvgIpc) is 2.22. The molecule has 0 aromatic heterocycles. The summed E-state index contributed by atoms with van der Waals surface area (Å²) in [5.41, 5.74) is 0.127. The van der Waals surface area contributed by atoms with Crippen LogP contribution in [0.4, 0.5) is 0 Å². The average molecular weight is 225 g/mol. The lowest BCUT2D eigenvalue weighted by molar-refractivity contribution is 0.260. The lowest BCUT2D eigenvalue weighted by Gasteiger charge is -2.29. The molecule has 1 atom stereocenters. The molecule has 1 aliphatic rings. The normalized spacial score (nSPS) is 28.9. The molecule has 0 radical (unpaired) electrons. The zero-order valence-corrected chi connectivity index (χ0v) is 11.1. The van der Waals surface area contributed by atoms with Crippen molar-refractivity contribution in [2.24, 2.45) is 16.3 Å². The first-order valence-electron chi connectivity index (χ1n) is 6.75. The molecule has 0 bridgehead atoms. The van der Waals surface area contributed by atoms with Gasteiger partial charge in [0.1, 0.15) is 0 Å². The minimum absolute atomic E-state index is 0.127. The highest BCUT2D eigenvalue weighted by Gasteiger charge is 2.28. The second kappa shape index (κ2) is 6.27. The Morgan fingerprint density at radius 1 is 1.00 bits per heavy atom. The van der Waals surface area contributed by atoms with E-state index in [1.807, 2.05) is 0 Å². The van der Waals surface area contributed by atoms with E-state index in [0.717, 1.165) is 19.4 Å². The van der Waals surface area contributed by atoms with Gasteiger partial charge in [-0.3, -0.25) is 4.99 Å². The molecule has 1 aliphatic heterocycles. The fraction of sp³-hybridized carbons (Fsp3) is 0.929. The van der Waals surface area contributed by atoms with Gasteiger partial charge in [-0.1, -0.05) is 52.9 Å². The zero-order valence-electron chi connectivity index (χ0n) is 11.1. The number of hydrogen-bond acceptors (Lipinski definition) is 1. The summed E-state index contributed by atoms with van der Waals surface area (Å²) in [5, 5.41) is 10.1. The van der Waals surface area contributed by atoms with Crippen LogP contribution in [0.1, 0.15) is 65.7 Å². The zero-order chi connectivity index (χ0) is 12.0. The molecular weight excluding hydrogens is 198 g/mol. The van der Waals surface area contributed by atoms with Gasteiger partial charge < -0.3 is 5.11 Å². The first-order valence-corrected chi connectivity index (χ1v) is 6.75. The SMILES string of the molecule is CC(C)(C)C1CCCCCCCC/N=C\1O. The number of aliphatic hydroxyl groups is 1. The molecule has 0 amide bonds. The van der Waals surface area contributed by atoms with E-state index < -0.39 is 0 Å². The maximum atomic E-state index is 10.1. The van der Waals surface area contributed by atoms with E-state index in [1.165, 1.54) is 32.1 Å². The smallest absolute Gasteiger partial charge is 0.184 e. The molecule has 1 rings (SSSR count). The third-order valence-corrected chi connectivity index (χ3v) is 3.53. The Morgan fingerprint density at radius 2 is 1.56 bits per heavy atom. The van der Waals surface area contributed by atoms with Crippen LogP contribution in [-0.4, -0.2) is 17.5 Å². The Balaban J connectivity index is 2.67. The van der Waals surface area contributed by atoms with Gasteiger partial charge in [-0.15, -0.1) is 0 Å². The van der Waals surface area contributed by atoms with Crippen LogP contribution in [0.5, 0.6) is 0 Å². The van der Waals surface area contributed by atoms with Gasteiger partial charge in [-0.25, -0.2) is 0 Å². The van der Waals surface area contributed by atoms with Crippen LogP contribution in [0.25, 0.3) is 0 Å². The Kier molecular flexibility index (Phi) is 5.30. The number of hydrogen-bond donors (Lipinski definition) is 1. The Hall–Kier alpha value is -0.530. The lowest BCUT2D eigenvalue weighted by atomic mass is 9.77. The third-order valence-electron chi connectivity index (χ3n) is 3.53. The van der Waals surface area contributed by atoms with Crippen molar-refractivity contribution < 1.29 is 5.11 Å². The van der Waals surface area contributed by atoms with Crippen molar-refractivity contribution in [1.29, 1.82) is 0 Å². The van der Waals surface area contributed by atoms with E-state index in [-0.39, 0.29) is 11.3 Å². The summed E-state index contributed by atoms with van der Waals surface area (Å²) in [6.45, 7) is 7.40. The predicted molar refractivity (Wildman–Crippen MR) is 70.2 cm³/mol. The predicted octanol–water partition coefficient (Wildman–Crippen LogP) is 4.35. The van der Waals surface area contributed by atoms with Crippen LogP contribution in [0.2, 0.25) is 0 Å². The molecule has 0 aromatic carbocycles. The van der Waals surface area contributed by atoms with E-state index in [0.29, 0.717) is 5.90 Å². The molecule has 16 heavy (non-hydrogen) atoms. The summed E-state index contributed by atoms with van der Waals surface area (Å²) in [6, 6.07) is 0. The first kappa shape index (κ1) is 13.5. The van der Waals surface area contributed by atoms with E-state index in [1.54, 1.807) is 0 Å². The topological polar surface area (TPSA) is 32.6 Å². The molecule has 2 heteroatoms. The van der Waals surface area contributed by atoms with Gasteiger partial charge in [0, 0.05) is 12.5 Å². The summed E-state index contributed by atoms with van der Waals surface area (Å²) in [4.78, 5) is 4.35. The molecule has 0 fully saturated rings. The second-order valence-corrected chi connectivity index (χ2v) is 6.07.